The maximum absolute atomic E-state index is 11.5. The molecular formula is C12H17N3O. The summed E-state index contributed by atoms with van der Waals surface area (Å²) in [5, 5.41) is 3.25. The number of nitrogens with two attached hydrogens (primary N) is 1. The summed E-state index contributed by atoms with van der Waals surface area (Å²) in [6, 6.07) is 6.11. The molecule has 16 heavy (non-hydrogen) atoms. The monoisotopic (exact) mass is 219 g/mol. The van der Waals surface area contributed by atoms with Gasteiger partial charge < -0.3 is 16.0 Å². The van der Waals surface area contributed by atoms with Crippen molar-refractivity contribution < 1.29 is 4.79 Å². The predicted octanol–water partition coefficient (Wildman–Crippen LogP) is 0.965. The molecule has 1 unspecified atom stereocenters. The number of carbonyl (C=O) groups excluding carboxylic acids is 1. The summed E-state index contributed by atoms with van der Waals surface area (Å²) in [6.07, 6.45) is 0.500. The zero-order valence-electron chi connectivity index (χ0n) is 9.66. The molecule has 0 spiro atoms. The summed E-state index contributed by atoms with van der Waals surface area (Å²) in [4.78, 5) is 13.2. The summed E-state index contributed by atoms with van der Waals surface area (Å²) >= 11 is 0. The van der Waals surface area contributed by atoms with E-state index in [9.17, 15) is 4.79 Å². The predicted molar refractivity (Wildman–Crippen MR) is 65.7 cm³/mol. The fourth-order valence-electron chi connectivity index (χ4n) is 1.86. The van der Waals surface area contributed by atoms with E-state index >= 15 is 0 Å². The van der Waals surface area contributed by atoms with Gasteiger partial charge in [-0.2, -0.15) is 0 Å². The first kappa shape index (κ1) is 11.0. The number of nitrogens with zero attached hydrogens (tertiary/aromatic N) is 1. The van der Waals surface area contributed by atoms with Crippen LogP contribution in [0.1, 0.15) is 12.5 Å². The van der Waals surface area contributed by atoms with Crippen LogP contribution in [0.3, 0.4) is 0 Å². The van der Waals surface area contributed by atoms with Crippen LogP contribution in [0.5, 0.6) is 0 Å². The molecule has 0 aliphatic carbocycles. The first-order valence-corrected chi connectivity index (χ1v) is 5.47. The second kappa shape index (κ2) is 4.14. The third kappa shape index (κ3) is 2.02. The molecule has 0 saturated heterocycles. The Balaban J connectivity index is 2.15. The van der Waals surface area contributed by atoms with Crippen LogP contribution in [0, 0.1) is 0 Å². The lowest BCUT2D eigenvalue weighted by molar-refractivity contribution is -0.117. The van der Waals surface area contributed by atoms with Gasteiger partial charge in [0.05, 0.1) is 6.42 Å². The SMILES string of the molecule is CC(N)CNc1ccc2c(c1)CC(=O)N2C. The van der Waals surface area contributed by atoms with Crippen molar-refractivity contribution in [3.05, 3.63) is 23.8 Å². The minimum absolute atomic E-state index is 0.123. The van der Waals surface area contributed by atoms with Gasteiger partial charge in [-0.25, -0.2) is 0 Å². The number of hydrogen-bond donors (Lipinski definition) is 2. The van der Waals surface area contributed by atoms with Crippen LogP contribution in [0.25, 0.3) is 0 Å². The molecule has 1 amide bonds. The molecule has 2 rings (SSSR count). The molecule has 1 heterocycles. The van der Waals surface area contributed by atoms with Gasteiger partial charge in [-0.3, -0.25) is 4.79 Å². The van der Waals surface area contributed by atoms with Gasteiger partial charge in [-0.15, -0.1) is 0 Å². The van der Waals surface area contributed by atoms with Gasteiger partial charge in [0.25, 0.3) is 0 Å². The zero-order chi connectivity index (χ0) is 11.7. The lowest BCUT2D eigenvalue weighted by atomic mass is 10.1. The molecule has 0 aromatic heterocycles. The zero-order valence-corrected chi connectivity index (χ0v) is 9.66. The molecule has 0 bridgehead atoms. The van der Waals surface area contributed by atoms with Crippen molar-refractivity contribution in [3.63, 3.8) is 0 Å². The van der Waals surface area contributed by atoms with E-state index < -0.39 is 0 Å². The van der Waals surface area contributed by atoms with Gasteiger partial charge in [0.2, 0.25) is 5.91 Å². The number of likely N-dealkylation sites (N-methyl/N-ethyl adjacent to an activating group) is 1. The van der Waals surface area contributed by atoms with Crippen molar-refractivity contribution in [2.75, 3.05) is 23.8 Å². The number of carbonyl (C=O) groups is 1. The van der Waals surface area contributed by atoms with Crippen LogP contribution in [-0.2, 0) is 11.2 Å². The first-order valence-electron chi connectivity index (χ1n) is 5.47. The standard InChI is InChI=1S/C12H17N3O/c1-8(13)7-14-10-3-4-11-9(5-10)6-12(16)15(11)2/h3-5,8,14H,6-7,13H2,1-2H3. The molecule has 1 aliphatic heterocycles. The molecule has 0 fully saturated rings. The van der Waals surface area contributed by atoms with Crippen LogP contribution < -0.4 is 16.0 Å². The van der Waals surface area contributed by atoms with Crippen molar-refractivity contribution in [3.8, 4) is 0 Å². The van der Waals surface area contributed by atoms with Crippen molar-refractivity contribution >= 4 is 17.3 Å². The highest BCUT2D eigenvalue weighted by molar-refractivity contribution is 6.01. The molecule has 0 saturated carbocycles. The Hall–Kier alpha value is -1.55. The largest absolute Gasteiger partial charge is 0.383 e. The van der Waals surface area contributed by atoms with Crippen LogP contribution in [0.4, 0.5) is 11.4 Å². The van der Waals surface area contributed by atoms with E-state index in [2.05, 4.69) is 5.32 Å². The highest BCUT2D eigenvalue weighted by Crippen LogP contribution is 2.29. The van der Waals surface area contributed by atoms with E-state index in [4.69, 9.17) is 5.73 Å². The molecular weight excluding hydrogens is 202 g/mol. The lowest BCUT2D eigenvalue weighted by Crippen LogP contribution is -2.25. The van der Waals surface area contributed by atoms with Gasteiger partial charge in [0.1, 0.15) is 0 Å². The number of hydrogen-bond acceptors (Lipinski definition) is 3. The summed E-state index contributed by atoms with van der Waals surface area (Å²) < 4.78 is 0. The van der Waals surface area contributed by atoms with E-state index in [0.717, 1.165) is 23.5 Å². The van der Waals surface area contributed by atoms with Gasteiger partial charge >= 0.3 is 0 Å². The van der Waals surface area contributed by atoms with Crippen molar-refractivity contribution in [1.82, 2.24) is 0 Å². The molecule has 0 radical (unpaired) electrons. The molecule has 3 N–H and O–H groups in total. The lowest BCUT2D eigenvalue weighted by Gasteiger charge is -2.12. The van der Waals surface area contributed by atoms with E-state index in [0.29, 0.717) is 6.42 Å². The van der Waals surface area contributed by atoms with Crippen LogP contribution in [0.15, 0.2) is 18.2 Å². The fraction of sp³-hybridized carbons (Fsp3) is 0.417. The average molecular weight is 219 g/mol. The third-order valence-electron chi connectivity index (χ3n) is 2.78. The van der Waals surface area contributed by atoms with E-state index in [-0.39, 0.29) is 11.9 Å². The van der Waals surface area contributed by atoms with E-state index in [1.165, 1.54) is 0 Å². The minimum Gasteiger partial charge on any atom is -0.383 e. The van der Waals surface area contributed by atoms with Crippen LogP contribution in [0.2, 0.25) is 0 Å². The van der Waals surface area contributed by atoms with Crippen LogP contribution >= 0.6 is 0 Å². The summed E-state index contributed by atoms with van der Waals surface area (Å²) in [6.45, 7) is 2.69. The Morgan fingerprint density at radius 1 is 1.56 bits per heavy atom. The Kier molecular flexibility index (Phi) is 2.83. The molecule has 4 nitrogen and oxygen atoms in total. The van der Waals surface area contributed by atoms with Gasteiger partial charge in [0.15, 0.2) is 0 Å². The van der Waals surface area contributed by atoms with E-state index in [1.54, 1.807) is 4.90 Å². The smallest absolute Gasteiger partial charge is 0.231 e. The normalized spacial score (nSPS) is 16.2. The number of fused-ring (bicyclic) bond motifs is 1. The van der Waals surface area contributed by atoms with E-state index in [1.807, 2.05) is 32.2 Å². The Labute approximate surface area is 95.4 Å². The van der Waals surface area contributed by atoms with Crippen molar-refractivity contribution in [2.45, 2.75) is 19.4 Å². The summed E-state index contributed by atoms with van der Waals surface area (Å²) in [7, 11) is 1.81. The molecule has 1 aromatic rings. The van der Waals surface area contributed by atoms with Crippen molar-refractivity contribution in [2.24, 2.45) is 5.73 Å². The molecule has 86 valence electrons. The van der Waals surface area contributed by atoms with Gasteiger partial charge in [-0.1, -0.05) is 0 Å². The number of benzene rings is 1. The Bertz CT molecular complexity index is 415. The highest BCUT2D eigenvalue weighted by Gasteiger charge is 2.23. The molecule has 1 aliphatic rings. The summed E-state index contributed by atoms with van der Waals surface area (Å²) in [5.41, 5.74) is 8.80. The van der Waals surface area contributed by atoms with Gasteiger partial charge in [-0.05, 0) is 30.7 Å². The molecule has 1 atom stereocenters. The maximum atomic E-state index is 11.5. The number of rotatable bonds is 3. The number of anilines is 2. The molecule has 1 aromatic carbocycles. The minimum atomic E-state index is 0.123. The third-order valence-corrected chi connectivity index (χ3v) is 2.78. The number of nitrogens with one attached hydrogen (secondary N) is 1. The Morgan fingerprint density at radius 3 is 3.00 bits per heavy atom. The average Bonchev–Trinajstić information content (AvgIpc) is 2.52. The Morgan fingerprint density at radius 2 is 2.31 bits per heavy atom. The summed E-state index contributed by atoms with van der Waals surface area (Å²) in [5.74, 6) is 0.152. The fourth-order valence-corrected chi connectivity index (χ4v) is 1.86. The number of amides is 1. The quantitative estimate of drug-likeness (QED) is 0.796. The van der Waals surface area contributed by atoms with Crippen molar-refractivity contribution in [1.29, 1.82) is 0 Å². The van der Waals surface area contributed by atoms with Crippen LogP contribution in [-0.4, -0.2) is 25.5 Å². The highest BCUT2D eigenvalue weighted by atomic mass is 16.2. The first-order chi connectivity index (χ1) is 7.58. The molecule has 4 heteroatoms. The maximum Gasteiger partial charge on any atom is 0.231 e. The van der Waals surface area contributed by atoms with Gasteiger partial charge in [0, 0.05) is 31.0 Å². The topological polar surface area (TPSA) is 58.4 Å². The second-order valence-corrected chi connectivity index (χ2v) is 4.33. The second-order valence-electron chi connectivity index (χ2n) is 4.33.